The molecule has 40 heavy (non-hydrogen) atoms. The highest BCUT2D eigenvalue weighted by Gasteiger charge is 2.39. The van der Waals surface area contributed by atoms with E-state index in [1.54, 1.807) is 52.0 Å². The van der Waals surface area contributed by atoms with E-state index in [-0.39, 0.29) is 62.5 Å². The molecule has 0 aliphatic rings. The number of hydrogen-bond donors (Lipinski definition) is 4. The van der Waals surface area contributed by atoms with Gasteiger partial charge in [0.1, 0.15) is 11.6 Å². The van der Waals surface area contributed by atoms with Gasteiger partial charge in [0.05, 0.1) is 40.6 Å². The molecule has 0 saturated carbocycles. The van der Waals surface area contributed by atoms with Crippen molar-refractivity contribution >= 4 is 15.2 Å². The zero-order valence-corrected chi connectivity index (χ0v) is 25.7. The van der Waals surface area contributed by atoms with Crippen LogP contribution in [0.15, 0.2) is 36.4 Å². The van der Waals surface area contributed by atoms with Gasteiger partial charge >= 0.3 is 15.2 Å². The normalized spacial score (nSPS) is 13.7. The third kappa shape index (κ3) is 8.68. The molecule has 2 aromatic carbocycles. The van der Waals surface area contributed by atoms with Crippen LogP contribution in [0, 0.1) is 0 Å². The van der Waals surface area contributed by atoms with Gasteiger partial charge in [0.15, 0.2) is 23.0 Å². The summed E-state index contributed by atoms with van der Waals surface area (Å²) < 4.78 is 60.6. The highest BCUT2D eigenvalue weighted by atomic mass is 31.2. The molecule has 0 aromatic heterocycles. The molecule has 0 amide bonds. The van der Waals surface area contributed by atoms with E-state index in [9.17, 15) is 19.3 Å². The van der Waals surface area contributed by atoms with E-state index in [1.165, 1.54) is 26.4 Å². The molecule has 2 unspecified atom stereocenters. The molecule has 0 fully saturated rings. The Morgan fingerprint density at radius 1 is 0.650 bits per heavy atom. The predicted molar refractivity (Wildman–Crippen MR) is 153 cm³/mol. The molecule has 0 aliphatic heterocycles. The summed E-state index contributed by atoms with van der Waals surface area (Å²) in [7, 11) is -4.59. The van der Waals surface area contributed by atoms with Crippen molar-refractivity contribution in [2.24, 2.45) is 0 Å². The van der Waals surface area contributed by atoms with Gasteiger partial charge in [0.25, 0.3) is 0 Å². The molecule has 0 heterocycles. The van der Waals surface area contributed by atoms with Gasteiger partial charge in [-0.1, -0.05) is 12.1 Å². The Hall–Kier alpha value is -2.14. The van der Waals surface area contributed by atoms with Gasteiger partial charge in [-0.2, -0.15) is 0 Å². The van der Waals surface area contributed by atoms with Crippen LogP contribution >= 0.6 is 15.2 Å². The summed E-state index contributed by atoms with van der Waals surface area (Å²) in [5, 5.41) is 26.6. The summed E-state index contributed by atoms with van der Waals surface area (Å²) in [4.78, 5) is 0. The van der Waals surface area contributed by atoms with Crippen LogP contribution in [0.4, 0.5) is 0 Å². The van der Waals surface area contributed by atoms with Gasteiger partial charge in [-0.25, -0.2) is 0 Å². The van der Waals surface area contributed by atoms with Gasteiger partial charge in [-0.05, 0) is 63.1 Å². The smallest absolute Gasteiger partial charge is 0.351 e. The van der Waals surface area contributed by atoms with Gasteiger partial charge in [-0.15, -0.1) is 0 Å². The molecule has 14 heteroatoms. The van der Waals surface area contributed by atoms with Crippen molar-refractivity contribution in [3.63, 3.8) is 0 Å². The van der Waals surface area contributed by atoms with Crippen molar-refractivity contribution in [2.45, 2.75) is 39.3 Å². The number of nitrogens with one attached hydrogen (secondary N) is 2. The van der Waals surface area contributed by atoms with Crippen LogP contribution in [0.2, 0.25) is 0 Å². The molecular formula is C26H42N2O10P2. The highest BCUT2D eigenvalue weighted by Crippen LogP contribution is 2.61. The molecule has 0 bridgehead atoms. The van der Waals surface area contributed by atoms with Crippen molar-refractivity contribution in [1.29, 1.82) is 0 Å². The molecule has 0 aliphatic carbocycles. The lowest BCUT2D eigenvalue weighted by Crippen LogP contribution is -2.33. The molecule has 0 spiro atoms. The molecule has 4 N–H and O–H groups in total. The highest BCUT2D eigenvalue weighted by molar-refractivity contribution is 7.54. The van der Waals surface area contributed by atoms with Crippen molar-refractivity contribution in [1.82, 2.24) is 10.6 Å². The number of ether oxygens (including phenoxy) is 2. The SMILES string of the molecule is CCOP(=O)(OCC)C(NCCNC(c1ccc(O)c(OC)c1)P(=O)(OCC)OCC)c1ccc(O)c(OC)c1. The molecule has 226 valence electrons. The average molecular weight is 605 g/mol. The first kappa shape index (κ1) is 34.1. The van der Waals surface area contributed by atoms with Crippen molar-refractivity contribution < 1.29 is 46.9 Å². The lowest BCUT2D eigenvalue weighted by molar-refractivity contribution is 0.204. The molecule has 2 atom stereocenters. The minimum absolute atomic E-state index is 0.0657. The minimum atomic E-state index is -3.71. The topological polar surface area (TPSA) is 154 Å². The first-order chi connectivity index (χ1) is 19.1. The fourth-order valence-corrected chi connectivity index (χ4v) is 8.01. The standard InChI is InChI=1S/C26H42N2O10P2/c1-7-35-39(31,36-8-2)25(19-11-13-21(29)23(17-19)33-5)27-15-16-28-26(40(32,37-9-3)38-10-4)20-12-14-22(30)24(18-20)34-6/h11-14,17-18,25-30H,7-10,15-16H2,1-6H3. The van der Waals surface area contributed by atoms with Gasteiger partial charge in [-0.3, -0.25) is 19.8 Å². The molecule has 0 saturated heterocycles. The van der Waals surface area contributed by atoms with Crippen LogP contribution in [-0.4, -0.2) is 63.9 Å². The van der Waals surface area contributed by atoms with Crippen LogP contribution in [0.5, 0.6) is 23.0 Å². The fraction of sp³-hybridized carbons (Fsp3) is 0.538. The lowest BCUT2D eigenvalue weighted by atomic mass is 10.2. The number of hydrogen-bond acceptors (Lipinski definition) is 12. The molecule has 0 radical (unpaired) electrons. The number of phenolic OH excluding ortho intramolecular Hbond substituents is 2. The van der Waals surface area contributed by atoms with Crippen molar-refractivity contribution in [3.8, 4) is 23.0 Å². The second-order valence-corrected chi connectivity index (χ2v) is 12.6. The number of aromatic hydroxyl groups is 2. The number of rotatable bonds is 19. The first-order valence-electron chi connectivity index (χ1n) is 13.1. The molecule has 2 aromatic rings. The third-order valence-corrected chi connectivity index (χ3v) is 10.4. The fourth-order valence-electron chi connectivity index (χ4n) is 4.06. The summed E-state index contributed by atoms with van der Waals surface area (Å²) in [5.41, 5.74) is 1.04. The zero-order chi connectivity index (χ0) is 29.8. The Balaban J connectivity index is 2.37. The summed E-state index contributed by atoms with van der Waals surface area (Å²) in [6.07, 6.45) is 0. The zero-order valence-electron chi connectivity index (χ0n) is 23.9. The van der Waals surface area contributed by atoms with Crippen molar-refractivity contribution in [2.75, 3.05) is 53.7 Å². The maximum absolute atomic E-state index is 13.8. The maximum Gasteiger partial charge on any atom is 0.351 e. The second-order valence-electron chi connectivity index (χ2n) is 8.33. The largest absolute Gasteiger partial charge is 0.504 e. The van der Waals surface area contributed by atoms with E-state index >= 15 is 0 Å². The molecular weight excluding hydrogens is 562 g/mol. The van der Waals surface area contributed by atoms with E-state index in [0.29, 0.717) is 11.1 Å². The number of methoxy groups -OCH3 is 2. The molecule has 12 nitrogen and oxygen atoms in total. The van der Waals surface area contributed by atoms with Gasteiger partial charge < -0.3 is 37.8 Å². The quantitative estimate of drug-likeness (QED) is 0.118. The van der Waals surface area contributed by atoms with Crippen LogP contribution in [0.1, 0.15) is 50.4 Å². The third-order valence-electron chi connectivity index (χ3n) is 5.71. The van der Waals surface area contributed by atoms with Crippen LogP contribution in [0.25, 0.3) is 0 Å². The maximum atomic E-state index is 13.8. The Morgan fingerprint density at radius 2 is 0.975 bits per heavy atom. The first-order valence-corrected chi connectivity index (χ1v) is 16.3. The van der Waals surface area contributed by atoms with E-state index < -0.39 is 26.8 Å². The summed E-state index contributed by atoms with van der Waals surface area (Å²) in [6, 6.07) is 9.23. The van der Waals surface area contributed by atoms with Crippen LogP contribution in [-0.2, 0) is 27.2 Å². The Bertz CT molecular complexity index is 1060. The van der Waals surface area contributed by atoms with E-state index in [1.807, 2.05) is 0 Å². The minimum Gasteiger partial charge on any atom is -0.504 e. The number of phenols is 2. The average Bonchev–Trinajstić information content (AvgIpc) is 2.92. The summed E-state index contributed by atoms with van der Waals surface area (Å²) in [6.45, 7) is 7.94. The predicted octanol–water partition coefficient (Wildman–Crippen LogP) is 5.52. The molecule has 2 rings (SSSR count). The van der Waals surface area contributed by atoms with Gasteiger partial charge in [0, 0.05) is 13.1 Å². The summed E-state index contributed by atoms with van der Waals surface area (Å²) >= 11 is 0. The summed E-state index contributed by atoms with van der Waals surface area (Å²) in [5.74, 6) is -1.52. The monoisotopic (exact) mass is 604 g/mol. The Morgan fingerprint density at radius 3 is 1.25 bits per heavy atom. The van der Waals surface area contributed by atoms with E-state index in [2.05, 4.69) is 10.6 Å². The Kier molecular flexibility index (Phi) is 13.9. The van der Waals surface area contributed by atoms with Crippen molar-refractivity contribution in [3.05, 3.63) is 47.5 Å². The van der Waals surface area contributed by atoms with Gasteiger partial charge in [0.2, 0.25) is 0 Å². The van der Waals surface area contributed by atoms with E-state index in [4.69, 9.17) is 27.6 Å². The van der Waals surface area contributed by atoms with E-state index in [0.717, 1.165) is 0 Å². The van der Waals surface area contributed by atoms with Crippen LogP contribution < -0.4 is 20.1 Å². The second kappa shape index (κ2) is 16.3. The Labute approximate surface area is 236 Å². The van der Waals surface area contributed by atoms with Crippen LogP contribution in [0.3, 0.4) is 0 Å². The number of benzene rings is 2. The lowest BCUT2D eigenvalue weighted by Gasteiger charge is -2.30.